The normalized spacial score (nSPS) is 13.9. The molecule has 0 heterocycles. The average Bonchev–Trinajstić information content (AvgIpc) is 3.16. The molecular weight excluding hydrogens is 703 g/mol. The van der Waals surface area contributed by atoms with E-state index in [0.29, 0.717) is 6.61 Å². The van der Waals surface area contributed by atoms with E-state index in [-0.39, 0.29) is 25.6 Å². The Bertz CT molecular complexity index is 815. The molecule has 0 radical (unpaired) electrons. The lowest BCUT2D eigenvalue weighted by Gasteiger charge is -2.20. The fraction of sp³-hybridized carbons (Fsp3) is 0.977. The van der Waals surface area contributed by atoms with Crippen LogP contribution in [0.25, 0.3) is 0 Å². The van der Waals surface area contributed by atoms with E-state index in [1.807, 2.05) is 0 Å². The molecular formula is C44H89O9P. The number of phosphoric ester groups is 1. The zero-order valence-electron chi connectivity index (χ0n) is 35.5. The molecule has 54 heavy (non-hydrogen) atoms. The maximum Gasteiger partial charge on any atom is 0.472 e. The summed E-state index contributed by atoms with van der Waals surface area (Å²) in [6, 6.07) is 0. The number of ether oxygens (including phenoxy) is 2. The number of aliphatic hydroxyl groups excluding tert-OH is 2. The van der Waals surface area contributed by atoms with Crippen molar-refractivity contribution in [1.29, 1.82) is 0 Å². The second-order valence-electron chi connectivity index (χ2n) is 15.8. The molecule has 0 aliphatic rings. The summed E-state index contributed by atoms with van der Waals surface area (Å²) >= 11 is 0. The minimum absolute atomic E-state index is 0.0579. The Balaban J connectivity index is 4.03. The lowest BCUT2D eigenvalue weighted by molar-refractivity contribution is -0.154. The predicted octanol–water partition coefficient (Wildman–Crippen LogP) is 12.7. The van der Waals surface area contributed by atoms with Gasteiger partial charge in [-0.1, -0.05) is 213 Å². The van der Waals surface area contributed by atoms with Gasteiger partial charge in [-0.2, -0.15) is 0 Å². The van der Waals surface area contributed by atoms with E-state index < -0.39 is 33.2 Å². The minimum atomic E-state index is -4.51. The molecule has 0 fully saturated rings. The van der Waals surface area contributed by atoms with Crippen molar-refractivity contribution >= 4 is 13.8 Å². The summed E-state index contributed by atoms with van der Waals surface area (Å²) in [5.41, 5.74) is 0. The van der Waals surface area contributed by atoms with E-state index in [2.05, 4.69) is 13.8 Å². The van der Waals surface area contributed by atoms with E-state index in [1.165, 1.54) is 180 Å². The predicted molar refractivity (Wildman–Crippen MR) is 224 cm³/mol. The van der Waals surface area contributed by atoms with Gasteiger partial charge in [-0.25, -0.2) is 4.57 Å². The van der Waals surface area contributed by atoms with Gasteiger partial charge in [0.2, 0.25) is 0 Å². The topological polar surface area (TPSA) is 132 Å². The Morgan fingerprint density at radius 3 is 1.20 bits per heavy atom. The van der Waals surface area contributed by atoms with Crippen molar-refractivity contribution in [3.63, 3.8) is 0 Å². The number of phosphoric acid groups is 1. The summed E-state index contributed by atoms with van der Waals surface area (Å²) in [6.07, 6.45) is 40.6. The van der Waals surface area contributed by atoms with Crippen LogP contribution in [-0.4, -0.2) is 66.3 Å². The largest absolute Gasteiger partial charge is 0.472 e. The Hall–Kier alpha value is -0.540. The second kappa shape index (κ2) is 42.1. The Morgan fingerprint density at radius 2 is 0.833 bits per heavy atom. The van der Waals surface area contributed by atoms with Crippen LogP contribution in [0.5, 0.6) is 0 Å². The number of carbonyl (C=O) groups excluding carboxylic acids is 1. The Kier molecular flexibility index (Phi) is 41.7. The monoisotopic (exact) mass is 793 g/mol. The summed E-state index contributed by atoms with van der Waals surface area (Å²) in [6.45, 7) is 3.58. The fourth-order valence-corrected chi connectivity index (χ4v) is 7.56. The molecule has 0 rings (SSSR count). The summed E-state index contributed by atoms with van der Waals surface area (Å²) in [7, 11) is -4.51. The van der Waals surface area contributed by atoms with Crippen LogP contribution in [0.15, 0.2) is 0 Å². The third-order valence-corrected chi connectivity index (χ3v) is 11.2. The van der Waals surface area contributed by atoms with E-state index in [9.17, 15) is 19.4 Å². The quantitative estimate of drug-likeness (QED) is 0.0313. The van der Waals surface area contributed by atoms with Crippen LogP contribution in [0.3, 0.4) is 0 Å². The fourth-order valence-electron chi connectivity index (χ4n) is 6.77. The number of unbranched alkanes of at least 4 members (excludes halogenated alkanes) is 31. The molecule has 0 aromatic rings. The van der Waals surface area contributed by atoms with Gasteiger partial charge in [0, 0.05) is 13.0 Å². The van der Waals surface area contributed by atoms with Gasteiger partial charge in [-0.05, 0) is 12.8 Å². The van der Waals surface area contributed by atoms with Gasteiger partial charge < -0.3 is 24.6 Å². The summed E-state index contributed by atoms with van der Waals surface area (Å²) in [5.74, 6) is -0.375. The molecule has 10 heteroatoms. The zero-order chi connectivity index (χ0) is 39.6. The number of aliphatic hydroxyl groups is 2. The molecule has 0 bridgehead atoms. The Labute approximate surface area is 333 Å². The first-order valence-corrected chi connectivity index (χ1v) is 24.5. The van der Waals surface area contributed by atoms with Crippen LogP contribution < -0.4 is 0 Å². The molecule has 0 saturated carbocycles. The summed E-state index contributed by atoms with van der Waals surface area (Å²) in [5, 5.41) is 18.3. The molecule has 3 N–H and O–H groups in total. The van der Waals surface area contributed by atoms with Crippen molar-refractivity contribution in [2.45, 2.75) is 244 Å². The number of carbonyl (C=O) groups is 1. The van der Waals surface area contributed by atoms with Crippen molar-refractivity contribution in [2.24, 2.45) is 0 Å². The van der Waals surface area contributed by atoms with E-state index in [1.54, 1.807) is 0 Å². The molecule has 324 valence electrons. The average molecular weight is 793 g/mol. The smallest absolute Gasteiger partial charge is 0.457 e. The first-order chi connectivity index (χ1) is 26.3. The van der Waals surface area contributed by atoms with Crippen LogP contribution in [0.4, 0.5) is 0 Å². The molecule has 3 atom stereocenters. The first-order valence-electron chi connectivity index (χ1n) is 23.0. The highest BCUT2D eigenvalue weighted by Gasteiger charge is 2.26. The van der Waals surface area contributed by atoms with E-state index in [0.717, 1.165) is 32.1 Å². The van der Waals surface area contributed by atoms with Crippen LogP contribution >= 0.6 is 7.82 Å². The highest BCUT2D eigenvalue weighted by Crippen LogP contribution is 2.43. The maximum absolute atomic E-state index is 12.6. The number of hydrogen-bond acceptors (Lipinski definition) is 8. The lowest BCUT2D eigenvalue weighted by atomic mass is 10.0. The SMILES string of the molecule is CCCCCCCCCCCCCCCCCCCCCCCC(=O)OC(COCCCCCCCCCCCCCC)COP(=O)(O)OCC(O)CO. The molecule has 0 aromatic heterocycles. The third kappa shape index (κ3) is 41.1. The minimum Gasteiger partial charge on any atom is -0.457 e. The van der Waals surface area contributed by atoms with Crippen LogP contribution in [0.1, 0.15) is 232 Å². The molecule has 3 unspecified atom stereocenters. The van der Waals surface area contributed by atoms with Crippen LogP contribution in [0, 0.1) is 0 Å². The number of rotatable bonds is 45. The van der Waals surface area contributed by atoms with Gasteiger partial charge in [-0.3, -0.25) is 13.8 Å². The highest BCUT2D eigenvalue weighted by atomic mass is 31.2. The van der Waals surface area contributed by atoms with Gasteiger partial charge in [0.25, 0.3) is 0 Å². The van der Waals surface area contributed by atoms with Gasteiger partial charge in [0.15, 0.2) is 0 Å². The van der Waals surface area contributed by atoms with Gasteiger partial charge in [0.05, 0.1) is 26.4 Å². The standard InChI is InChI=1S/C44H89O9P/c1-3-5-7-9-11-13-15-17-18-19-20-21-22-23-24-25-26-28-30-32-34-36-44(47)53-43(41-52-54(48,49)51-39-42(46)38-45)40-50-37-35-33-31-29-27-16-14-12-10-8-6-4-2/h42-43,45-46H,3-41H2,1-2H3,(H,48,49). The van der Waals surface area contributed by atoms with Crippen molar-refractivity contribution in [2.75, 3.05) is 33.0 Å². The number of esters is 1. The molecule has 0 aromatic carbocycles. The van der Waals surface area contributed by atoms with Gasteiger partial charge in [-0.15, -0.1) is 0 Å². The number of hydrogen-bond donors (Lipinski definition) is 3. The first kappa shape index (κ1) is 53.5. The molecule has 9 nitrogen and oxygen atoms in total. The molecule has 0 aliphatic heterocycles. The van der Waals surface area contributed by atoms with Crippen LogP contribution in [-0.2, 0) is 27.9 Å². The molecule has 0 saturated heterocycles. The third-order valence-electron chi connectivity index (χ3n) is 10.3. The van der Waals surface area contributed by atoms with Crippen molar-refractivity contribution in [3.05, 3.63) is 0 Å². The molecule has 0 aliphatic carbocycles. The van der Waals surface area contributed by atoms with Gasteiger partial charge >= 0.3 is 13.8 Å². The second-order valence-corrected chi connectivity index (χ2v) is 17.2. The van der Waals surface area contributed by atoms with Crippen LogP contribution in [0.2, 0.25) is 0 Å². The summed E-state index contributed by atoms with van der Waals surface area (Å²) in [4.78, 5) is 22.6. The highest BCUT2D eigenvalue weighted by molar-refractivity contribution is 7.47. The molecule has 0 spiro atoms. The van der Waals surface area contributed by atoms with E-state index in [4.69, 9.17) is 23.6 Å². The molecule has 0 amide bonds. The Morgan fingerprint density at radius 1 is 0.500 bits per heavy atom. The maximum atomic E-state index is 12.6. The van der Waals surface area contributed by atoms with Crippen molar-refractivity contribution < 1.29 is 43.0 Å². The zero-order valence-corrected chi connectivity index (χ0v) is 36.4. The van der Waals surface area contributed by atoms with E-state index >= 15 is 0 Å². The lowest BCUT2D eigenvalue weighted by Crippen LogP contribution is -2.29. The summed E-state index contributed by atoms with van der Waals surface area (Å²) < 4.78 is 33.4. The van der Waals surface area contributed by atoms with Crippen molar-refractivity contribution in [3.8, 4) is 0 Å². The van der Waals surface area contributed by atoms with Gasteiger partial charge in [0.1, 0.15) is 12.2 Å². The van der Waals surface area contributed by atoms with Crippen molar-refractivity contribution in [1.82, 2.24) is 0 Å².